The maximum atomic E-state index is 11.7. The van der Waals surface area contributed by atoms with Gasteiger partial charge >= 0.3 is 0 Å². The highest BCUT2D eigenvalue weighted by Crippen LogP contribution is 2.14. The molecule has 138 valence electrons. The van der Waals surface area contributed by atoms with E-state index in [4.69, 9.17) is 0 Å². The third kappa shape index (κ3) is 11.2. The normalized spacial score (nSPS) is 9.67. The topological polar surface area (TPSA) is 73.5 Å². The van der Waals surface area contributed by atoms with E-state index in [0.717, 1.165) is 24.3 Å². The van der Waals surface area contributed by atoms with Crippen molar-refractivity contribution in [3.8, 4) is 0 Å². The fourth-order valence-corrected chi connectivity index (χ4v) is 1.83. The summed E-state index contributed by atoms with van der Waals surface area (Å²) in [7, 11) is 5.73. The molecule has 0 saturated heterocycles. The highest BCUT2D eigenvalue weighted by Gasteiger charge is 2.05. The molecule has 0 aliphatic rings. The number of hydrogen-bond acceptors (Lipinski definition) is 4. The summed E-state index contributed by atoms with van der Waals surface area (Å²) in [5, 5.41) is 8.68. The average Bonchev–Trinajstić information content (AvgIpc) is 2.47. The van der Waals surface area contributed by atoms with Crippen molar-refractivity contribution >= 4 is 48.0 Å². The molecule has 1 aromatic rings. The van der Waals surface area contributed by atoms with E-state index in [2.05, 4.69) is 16.0 Å². The summed E-state index contributed by atoms with van der Waals surface area (Å²) >= 11 is 0. The Bertz CT molecular complexity index is 481. The minimum Gasteiger partial charge on any atom is -0.326 e. The number of carbonyl (C=O) groups is 2. The number of carbonyl (C=O) groups excluding carboxylic acids is 2. The van der Waals surface area contributed by atoms with E-state index in [-0.39, 0.29) is 36.6 Å². The van der Waals surface area contributed by atoms with Gasteiger partial charge in [0, 0.05) is 30.8 Å². The zero-order valence-corrected chi connectivity index (χ0v) is 16.1. The van der Waals surface area contributed by atoms with Crippen molar-refractivity contribution in [1.29, 1.82) is 0 Å². The van der Waals surface area contributed by atoms with Crippen LogP contribution in [-0.2, 0) is 9.59 Å². The van der Waals surface area contributed by atoms with E-state index in [1.165, 1.54) is 0 Å². The molecule has 0 unspecified atom stereocenters. The van der Waals surface area contributed by atoms with Crippen LogP contribution in [0.25, 0.3) is 0 Å². The summed E-state index contributed by atoms with van der Waals surface area (Å²) < 4.78 is 0. The first-order valence-electron chi connectivity index (χ1n) is 7.50. The molecule has 1 aromatic carbocycles. The molecule has 3 N–H and O–H groups in total. The minimum absolute atomic E-state index is 0. The molecule has 0 radical (unpaired) electrons. The summed E-state index contributed by atoms with van der Waals surface area (Å²) in [4.78, 5) is 25.4. The molecule has 2 amide bonds. The molecule has 0 bridgehead atoms. The van der Waals surface area contributed by atoms with Gasteiger partial charge in [-0.1, -0.05) is 0 Å². The molecule has 0 fully saturated rings. The summed E-state index contributed by atoms with van der Waals surface area (Å²) in [6.07, 6.45) is 1.75. The molecule has 24 heavy (non-hydrogen) atoms. The number of halogens is 2. The van der Waals surface area contributed by atoms with Gasteiger partial charge in [-0.2, -0.15) is 0 Å². The van der Waals surface area contributed by atoms with Crippen LogP contribution in [0.15, 0.2) is 24.3 Å². The van der Waals surface area contributed by atoms with Crippen LogP contribution in [-0.4, -0.2) is 50.9 Å². The van der Waals surface area contributed by atoms with Crippen LogP contribution in [0.5, 0.6) is 0 Å². The van der Waals surface area contributed by atoms with Crippen molar-refractivity contribution < 1.29 is 9.59 Å². The highest BCUT2D eigenvalue weighted by atomic mass is 35.5. The lowest BCUT2D eigenvalue weighted by molar-refractivity contribution is -0.117. The number of rotatable bonds is 9. The van der Waals surface area contributed by atoms with Crippen LogP contribution >= 0.6 is 24.8 Å². The molecule has 0 aliphatic heterocycles. The summed E-state index contributed by atoms with van der Waals surface area (Å²) in [5.74, 6) is -0.0180. The van der Waals surface area contributed by atoms with Crippen molar-refractivity contribution in [2.24, 2.45) is 0 Å². The van der Waals surface area contributed by atoms with Crippen LogP contribution in [0, 0.1) is 0 Å². The molecule has 8 heteroatoms. The second-order valence-electron chi connectivity index (χ2n) is 5.43. The first-order valence-corrected chi connectivity index (χ1v) is 7.50. The number of nitrogens with one attached hydrogen (secondary N) is 3. The number of nitrogens with zero attached hydrogens (tertiary/aromatic N) is 1. The first kappa shape index (κ1) is 24.9. The van der Waals surface area contributed by atoms with Crippen LogP contribution in [0.2, 0.25) is 0 Å². The monoisotopic (exact) mass is 378 g/mol. The van der Waals surface area contributed by atoms with E-state index < -0.39 is 0 Å². The van der Waals surface area contributed by atoms with Crippen molar-refractivity contribution in [1.82, 2.24) is 10.2 Å². The van der Waals surface area contributed by atoms with Crippen LogP contribution in [0.1, 0.15) is 19.3 Å². The van der Waals surface area contributed by atoms with Gasteiger partial charge in [-0.3, -0.25) is 9.59 Å². The first-order chi connectivity index (χ1) is 10.5. The van der Waals surface area contributed by atoms with Crippen LogP contribution in [0.4, 0.5) is 11.4 Å². The van der Waals surface area contributed by atoms with Gasteiger partial charge in [0.25, 0.3) is 0 Å². The van der Waals surface area contributed by atoms with Crippen molar-refractivity contribution in [2.75, 3.05) is 44.9 Å². The third-order valence-corrected chi connectivity index (χ3v) is 3.07. The SMILES string of the molecule is CNCCCC(=O)Nc1ccc(NC(=O)CCN(C)C)cc1.Cl.Cl. The summed E-state index contributed by atoms with van der Waals surface area (Å²) in [6.45, 7) is 1.54. The number of amides is 2. The maximum absolute atomic E-state index is 11.7. The Morgan fingerprint density at radius 2 is 1.38 bits per heavy atom. The number of hydrogen-bond donors (Lipinski definition) is 3. The molecule has 1 rings (SSSR count). The Labute approximate surface area is 156 Å². The van der Waals surface area contributed by atoms with Gasteiger partial charge in [-0.05, 0) is 58.4 Å². The van der Waals surface area contributed by atoms with Gasteiger partial charge in [0.2, 0.25) is 11.8 Å². The van der Waals surface area contributed by atoms with Gasteiger partial charge in [-0.15, -0.1) is 24.8 Å². The lowest BCUT2D eigenvalue weighted by Crippen LogP contribution is -2.20. The van der Waals surface area contributed by atoms with Gasteiger partial charge in [0.15, 0.2) is 0 Å². The van der Waals surface area contributed by atoms with Crippen LogP contribution in [0.3, 0.4) is 0 Å². The Balaban J connectivity index is 0. The predicted molar refractivity (Wildman–Crippen MR) is 105 cm³/mol. The highest BCUT2D eigenvalue weighted by molar-refractivity contribution is 5.93. The zero-order valence-electron chi connectivity index (χ0n) is 14.4. The number of benzene rings is 1. The van der Waals surface area contributed by atoms with Crippen molar-refractivity contribution in [3.05, 3.63) is 24.3 Å². The molecule has 0 aromatic heterocycles. The van der Waals surface area contributed by atoms with Gasteiger partial charge in [0.1, 0.15) is 0 Å². The molecule has 0 heterocycles. The third-order valence-electron chi connectivity index (χ3n) is 3.07. The lowest BCUT2D eigenvalue weighted by Gasteiger charge is -2.10. The smallest absolute Gasteiger partial charge is 0.225 e. The minimum atomic E-state index is -0.0162. The van der Waals surface area contributed by atoms with E-state index in [9.17, 15) is 9.59 Å². The standard InChI is InChI=1S/C16H26N4O2.2ClH/c1-17-11-4-5-15(21)18-13-6-8-14(9-7-13)19-16(22)10-12-20(2)3;;/h6-9,17H,4-5,10-12H2,1-3H3,(H,18,21)(H,19,22);2*1H. The fraction of sp³-hybridized carbons (Fsp3) is 0.500. The molecule has 0 spiro atoms. The molecule has 0 saturated carbocycles. The van der Waals surface area contributed by atoms with E-state index >= 15 is 0 Å². The summed E-state index contributed by atoms with van der Waals surface area (Å²) in [6, 6.07) is 7.16. The van der Waals surface area contributed by atoms with E-state index in [1.807, 2.05) is 26.0 Å². The Morgan fingerprint density at radius 1 is 0.917 bits per heavy atom. The van der Waals surface area contributed by atoms with Crippen LogP contribution < -0.4 is 16.0 Å². The second kappa shape index (κ2) is 14.0. The summed E-state index contributed by atoms with van der Waals surface area (Å²) in [5.41, 5.74) is 1.47. The molecule has 0 aliphatic carbocycles. The molecular weight excluding hydrogens is 351 g/mol. The van der Waals surface area contributed by atoms with E-state index in [1.54, 1.807) is 24.3 Å². The quantitative estimate of drug-likeness (QED) is 0.576. The maximum Gasteiger partial charge on any atom is 0.225 e. The van der Waals surface area contributed by atoms with Gasteiger partial charge < -0.3 is 20.9 Å². The zero-order chi connectivity index (χ0) is 16.4. The van der Waals surface area contributed by atoms with Gasteiger partial charge in [-0.25, -0.2) is 0 Å². The Kier molecular flexibility index (Phi) is 14.6. The molecule has 6 nitrogen and oxygen atoms in total. The number of anilines is 2. The molecule has 0 atom stereocenters. The molecular formula is C16H28Cl2N4O2. The lowest BCUT2D eigenvalue weighted by atomic mass is 10.2. The van der Waals surface area contributed by atoms with Crippen molar-refractivity contribution in [2.45, 2.75) is 19.3 Å². The average molecular weight is 379 g/mol. The fourth-order valence-electron chi connectivity index (χ4n) is 1.83. The second-order valence-corrected chi connectivity index (χ2v) is 5.43. The largest absolute Gasteiger partial charge is 0.326 e. The van der Waals surface area contributed by atoms with Gasteiger partial charge in [0.05, 0.1) is 0 Å². The van der Waals surface area contributed by atoms with E-state index in [0.29, 0.717) is 19.4 Å². The van der Waals surface area contributed by atoms with Crippen molar-refractivity contribution in [3.63, 3.8) is 0 Å². The Morgan fingerprint density at radius 3 is 1.79 bits per heavy atom. The Hall–Kier alpha value is -1.34. The predicted octanol–water partition coefficient (Wildman–Crippen LogP) is 2.36.